The predicted octanol–water partition coefficient (Wildman–Crippen LogP) is -2.67. The number of aliphatic hydroxyl groups excluding tert-OH is 1. The van der Waals surface area contributed by atoms with Crippen LogP contribution in [0.3, 0.4) is 0 Å². The molecule has 22 heavy (non-hydrogen) atoms. The molecule has 1 unspecified atom stereocenters. The van der Waals surface area contributed by atoms with Gasteiger partial charge in [0.15, 0.2) is 0 Å². The summed E-state index contributed by atoms with van der Waals surface area (Å²) < 4.78 is 31.6. The second-order valence-corrected chi connectivity index (χ2v) is 5.03. The number of carboxylic acids is 1. The van der Waals surface area contributed by atoms with Crippen molar-refractivity contribution in [2.75, 3.05) is 13.1 Å². The molecule has 0 aromatic heterocycles. The SMILES string of the molecule is CCCCCC(=O)[O-].CCN(CC)C(C)O.O=S(=O)(O)O.[K+]. The van der Waals surface area contributed by atoms with Crippen LogP contribution in [0.4, 0.5) is 0 Å². The van der Waals surface area contributed by atoms with Crippen molar-refractivity contribution in [2.45, 2.75) is 59.6 Å². The summed E-state index contributed by atoms with van der Waals surface area (Å²) in [4.78, 5) is 11.7. The molecule has 0 radical (unpaired) electrons. The largest absolute Gasteiger partial charge is 1.00 e. The summed E-state index contributed by atoms with van der Waals surface area (Å²) in [5.41, 5.74) is 0. The molecule has 1 atom stereocenters. The van der Waals surface area contributed by atoms with E-state index in [4.69, 9.17) is 22.6 Å². The molecular formula is C12H28KNO7S. The van der Waals surface area contributed by atoms with Gasteiger partial charge in [-0.25, -0.2) is 0 Å². The maximum atomic E-state index is 9.76. The summed E-state index contributed by atoms with van der Waals surface area (Å²) in [6.07, 6.45) is 2.75. The van der Waals surface area contributed by atoms with Crippen molar-refractivity contribution in [1.82, 2.24) is 4.90 Å². The molecule has 0 bridgehead atoms. The van der Waals surface area contributed by atoms with Gasteiger partial charge in [0.05, 0.1) is 0 Å². The number of hydrogen-bond donors (Lipinski definition) is 3. The van der Waals surface area contributed by atoms with Crippen molar-refractivity contribution in [1.29, 1.82) is 0 Å². The smallest absolute Gasteiger partial charge is 0.550 e. The minimum Gasteiger partial charge on any atom is -0.550 e. The van der Waals surface area contributed by atoms with Crippen LogP contribution in [-0.4, -0.2) is 52.8 Å². The van der Waals surface area contributed by atoms with Crippen molar-refractivity contribution in [3.05, 3.63) is 0 Å². The second-order valence-electron chi connectivity index (χ2n) is 4.13. The molecule has 0 aromatic carbocycles. The zero-order chi connectivity index (χ0) is 17.5. The zero-order valence-electron chi connectivity index (χ0n) is 14.2. The third-order valence-corrected chi connectivity index (χ3v) is 2.33. The van der Waals surface area contributed by atoms with Crippen LogP contribution in [0.2, 0.25) is 0 Å². The van der Waals surface area contributed by atoms with E-state index in [1.165, 1.54) is 0 Å². The van der Waals surface area contributed by atoms with Gasteiger partial charge in [0.2, 0.25) is 0 Å². The Labute approximate surface area is 176 Å². The predicted molar refractivity (Wildman–Crippen MR) is 77.9 cm³/mol. The Balaban J connectivity index is -0.000000111. The third-order valence-electron chi connectivity index (χ3n) is 2.33. The molecule has 3 N–H and O–H groups in total. The molecule has 0 spiro atoms. The van der Waals surface area contributed by atoms with E-state index in [0.717, 1.165) is 32.4 Å². The Kier molecular flexibility index (Phi) is 27.9. The first-order valence-corrected chi connectivity index (χ1v) is 8.20. The number of aliphatic carboxylic acids is 1. The average Bonchev–Trinajstić information content (AvgIpc) is 2.28. The van der Waals surface area contributed by atoms with Gasteiger partial charge in [0, 0.05) is 5.97 Å². The molecule has 0 saturated heterocycles. The summed E-state index contributed by atoms with van der Waals surface area (Å²) in [6.45, 7) is 9.75. The number of carbonyl (C=O) groups is 1. The van der Waals surface area contributed by atoms with E-state index in [1.54, 1.807) is 6.92 Å². The molecule has 0 aliphatic heterocycles. The molecule has 0 rings (SSSR count). The summed E-state index contributed by atoms with van der Waals surface area (Å²) in [5, 5.41) is 18.7. The summed E-state index contributed by atoms with van der Waals surface area (Å²) >= 11 is 0. The second kappa shape index (κ2) is 19.9. The first-order valence-electron chi connectivity index (χ1n) is 6.81. The Morgan fingerprint density at radius 3 is 1.64 bits per heavy atom. The number of nitrogens with zero attached hydrogens (tertiary/aromatic N) is 1. The van der Waals surface area contributed by atoms with Crippen LogP contribution >= 0.6 is 0 Å². The molecule has 0 saturated carbocycles. The Morgan fingerprint density at radius 2 is 1.50 bits per heavy atom. The van der Waals surface area contributed by atoms with E-state index in [9.17, 15) is 9.90 Å². The standard InChI is InChI=1S/C6H15NO.C6H12O2.K.H2O4S/c1-4-7(5-2)6(3)8;1-2-3-4-5-6(7)8;;1-5(2,3)4/h6,8H,4-5H2,1-3H3;2-5H2,1H3,(H,7,8);;(H2,1,2,3,4)/q;;+1;/p-1. The van der Waals surface area contributed by atoms with Crippen LogP contribution < -0.4 is 56.5 Å². The number of rotatable bonds is 7. The number of aliphatic hydroxyl groups is 1. The maximum absolute atomic E-state index is 9.76. The molecule has 130 valence electrons. The van der Waals surface area contributed by atoms with Crippen LogP contribution in [0.15, 0.2) is 0 Å². The van der Waals surface area contributed by atoms with E-state index < -0.39 is 16.4 Å². The van der Waals surface area contributed by atoms with Gasteiger partial charge in [-0.05, 0) is 32.9 Å². The van der Waals surface area contributed by atoms with Crippen LogP contribution in [0.25, 0.3) is 0 Å². The molecule has 0 aliphatic rings. The minimum absolute atomic E-state index is 0. The van der Waals surface area contributed by atoms with Crippen molar-refractivity contribution >= 4 is 16.4 Å². The van der Waals surface area contributed by atoms with Crippen LogP contribution in [0.5, 0.6) is 0 Å². The van der Waals surface area contributed by atoms with Crippen molar-refractivity contribution in [3.63, 3.8) is 0 Å². The Hall–Kier alpha value is 0.896. The minimum atomic E-state index is -4.67. The molecular weight excluding hydrogens is 341 g/mol. The molecule has 0 heterocycles. The van der Waals surface area contributed by atoms with E-state index >= 15 is 0 Å². The van der Waals surface area contributed by atoms with E-state index in [1.807, 2.05) is 25.7 Å². The van der Waals surface area contributed by atoms with Gasteiger partial charge in [-0.2, -0.15) is 8.42 Å². The number of unbranched alkanes of at least 4 members (excludes halogenated alkanes) is 2. The van der Waals surface area contributed by atoms with Crippen LogP contribution in [-0.2, 0) is 15.2 Å². The average molecular weight is 370 g/mol. The zero-order valence-corrected chi connectivity index (χ0v) is 18.1. The fourth-order valence-electron chi connectivity index (χ4n) is 1.27. The van der Waals surface area contributed by atoms with E-state index in [0.29, 0.717) is 0 Å². The van der Waals surface area contributed by atoms with Crippen molar-refractivity contribution < 1.29 is 83.9 Å². The van der Waals surface area contributed by atoms with Gasteiger partial charge in [-0.3, -0.25) is 14.0 Å². The third kappa shape index (κ3) is 42.8. The Bertz CT molecular complexity index is 324. The first kappa shape index (κ1) is 30.7. The van der Waals surface area contributed by atoms with Crippen LogP contribution in [0.1, 0.15) is 53.4 Å². The number of hydrogen-bond acceptors (Lipinski definition) is 6. The topological polar surface area (TPSA) is 138 Å². The molecule has 8 nitrogen and oxygen atoms in total. The summed E-state index contributed by atoms with van der Waals surface area (Å²) in [5.74, 6) is -0.932. The normalized spacial score (nSPS) is 11.3. The first-order chi connectivity index (χ1) is 9.49. The van der Waals surface area contributed by atoms with Gasteiger partial charge >= 0.3 is 61.8 Å². The van der Waals surface area contributed by atoms with E-state index in [-0.39, 0.29) is 64.0 Å². The van der Waals surface area contributed by atoms with Crippen molar-refractivity contribution in [3.8, 4) is 0 Å². The van der Waals surface area contributed by atoms with Gasteiger partial charge < -0.3 is 15.0 Å². The molecule has 0 aliphatic carbocycles. The van der Waals surface area contributed by atoms with Gasteiger partial charge in [0.25, 0.3) is 0 Å². The monoisotopic (exact) mass is 369 g/mol. The summed E-state index contributed by atoms with van der Waals surface area (Å²) in [6, 6.07) is 0. The van der Waals surface area contributed by atoms with Gasteiger partial charge in [0.1, 0.15) is 6.23 Å². The number of carbonyl (C=O) groups excluding carboxylic acids is 1. The molecule has 0 aromatic rings. The van der Waals surface area contributed by atoms with Crippen LogP contribution in [0, 0.1) is 0 Å². The van der Waals surface area contributed by atoms with Gasteiger partial charge in [-0.1, -0.05) is 33.6 Å². The molecule has 0 amide bonds. The maximum Gasteiger partial charge on any atom is 1.00 e. The molecule has 0 fully saturated rings. The van der Waals surface area contributed by atoms with Crippen molar-refractivity contribution in [2.24, 2.45) is 0 Å². The summed E-state index contributed by atoms with van der Waals surface area (Å²) in [7, 11) is -4.67. The van der Waals surface area contributed by atoms with E-state index in [2.05, 4.69) is 0 Å². The number of carboxylic acid groups (broad SMARTS) is 1. The fourth-order valence-corrected chi connectivity index (χ4v) is 1.27. The Morgan fingerprint density at radius 1 is 1.14 bits per heavy atom. The van der Waals surface area contributed by atoms with Gasteiger partial charge in [-0.15, -0.1) is 0 Å². The quantitative estimate of drug-likeness (QED) is 0.191. The fraction of sp³-hybridized carbons (Fsp3) is 0.917. The molecule has 10 heteroatoms.